The molecule has 1 heterocycles. The third-order valence-electron chi connectivity index (χ3n) is 7.32. The Morgan fingerprint density at radius 2 is 1.77 bits per heavy atom. The molecule has 0 unspecified atom stereocenters. The average molecular weight is 563 g/mol. The first-order valence-corrected chi connectivity index (χ1v) is 14.9. The number of carbonyl (C=O) groups excluding carboxylic acids is 2. The number of likely N-dealkylation sites (tertiary alicyclic amines) is 1. The second-order valence-electron chi connectivity index (χ2n) is 10.6. The highest BCUT2D eigenvalue weighted by molar-refractivity contribution is 6.30. The van der Waals surface area contributed by atoms with Gasteiger partial charge in [0, 0.05) is 11.1 Å². The smallest absolute Gasteiger partial charge is 0.252 e. The first-order chi connectivity index (χ1) is 19.1. The molecule has 0 aromatic heterocycles. The van der Waals surface area contributed by atoms with Crippen LogP contribution in [0.25, 0.3) is 11.6 Å². The van der Waals surface area contributed by atoms with Gasteiger partial charge in [0.15, 0.2) is 5.78 Å². The molecule has 40 heavy (non-hydrogen) atoms. The van der Waals surface area contributed by atoms with Gasteiger partial charge in [0.2, 0.25) is 0 Å². The lowest BCUT2D eigenvalue weighted by molar-refractivity contribution is -0.116. The molecule has 3 rings (SSSR count). The Morgan fingerprint density at radius 3 is 2.35 bits per heavy atom. The van der Waals surface area contributed by atoms with E-state index in [0.29, 0.717) is 5.02 Å². The van der Waals surface area contributed by atoms with Gasteiger partial charge in [-0.1, -0.05) is 87.4 Å². The summed E-state index contributed by atoms with van der Waals surface area (Å²) < 4.78 is 0. The molecule has 0 aliphatic carbocycles. The van der Waals surface area contributed by atoms with Crippen LogP contribution in [0.4, 0.5) is 0 Å². The summed E-state index contributed by atoms with van der Waals surface area (Å²) in [6.45, 7) is 16.3. The van der Waals surface area contributed by atoms with Crippen molar-refractivity contribution < 1.29 is 9.59 Å². The fourth-order valence-corrected chi connectivity index (χ4v) is 5.17. The Bertz CT molecular complexity index is 1220. The van der Waals surface area contributed by atoms with Gasteiger partial charge in [-0.2, -0.15) is 0 Å². The first kappa shape index (κ1) is 33.3. The quantitative estimate of drug-likeness (QED) is 0.234. The average Bonchev–Trinajstić information content (AvgIpc) is 2.93. The summed E-state index contributed by atoms with van der Waals surface area (Å²) in [5.74, 6) is 0.106. The molecule has 1 fully saturated rings. The molecule has 1 aliphatic rings. The number of nitrogens with zero attached hydrogens (tertiary/aromatic N) is 1. The monoisotopic (exact) mass is 562 g/mol. The number of rotatable bonds is 10. The van der Waals surface area contributed by atoms with Crippen molar-refractivity contribution in [2.24, 2.45) is 0 Å². The van der Waals surface area contributed by atoms with E-state index in [1.54, 1.807) is 6.08 Å². The molecule has 1 N–H and O–H groups in total. The first-order valence-electron chi connectivity index (χ1n) is 14.5. The number of amides is 1. The number of hydrogen-bond acceptors (Lipinski definition) is 3. The molecule has 2 aromatic carbocycles. The van der Waals surface area contributed by atoms with Crippen LogP contribution in [0.15, 0.2) is 66.3 Å². The van der Waals surface area contributed by atoms with Crippen LogP contribution in [0.3, 0.4) is 0 Å². The number of hydrogen-bond donors (Lipinski definition) is 1. The fraction of sp³-hybridized carbons (Fsp3) is 0.429. The number of aryl methyl sites for hydroxylation is 2. The highest BCUT2D eigenvalue weighted by atomic mass is 35.5. The van der Waals surface area contributed by atoms with E-state index >= 15 is 0 Å². The highest BCUT2D eigenvalue weighted by Crippen LogP contribution is 2.30. The molecule has 0 atom stereocenters. The summed E-state index contributed by atoms with van der Waals surface area (Å²) in [5.41, 5.74) is 7.41. The minimum absolute atomic E-state index is 0.0482. The Balaban J connectivity index is 0.000000337. The molecule has 0 spiro atoms. The third kappa shape index (κ3) is 10.2. The number of nitrogens with one attached hydrogen (secondary N) is 1. The maximum Gasteiger partial charge on any atom is 0.252 e. The molecular formula is C35H47ClN2O2. The molecule has 2 aromatic rings. The Labute approximate surface area is 247 Å². The summed E-state index contributed by atoms with van der Waals surface area (Å²) in [6.07, 6.45) is 9.14. The minimum atomic E-state index is 0.0482. The van der Waals surface area contributed by atoms with E-state index < -0.39 is 0 Å². The van der Waals surface area contributed by atoms with Gasteiger partial charge in [-0.3, -0.25) is 9.59 Å². The summed E-state index contributed by atoms with van der Waals surface area (Å²) in [6, 6.07) is 14.2. The molecule has 5 heteroatoms. The number of halogens is 1. The lowest BCUT2D eigenvalue weighted by atomic mass is 9.88. The van der Waals surface area contributed by atoms with Gasteiger partial charge >= 0.3 is 0 Å². The van der Waals surface area contributed by atoms with E-state index in [0.717, 1.165) is 85.0 Å². The number of benzene rings is 2. The zero-order valence-electron chi connectivity index (χ0n) is 25.3. The van der Waals surface area contributed by atoms with Gasteiger partial charge in [0.1, 0.15) is 0 Å². The van der Waals surface area contributed by atoms with E-state index in [1.165, 1.54) is 12.5 Å². The van der Waals surface area contributed by atoms with Crippen molar-refractivity contribution in [2.45, 2.75) is 79.2 Å². The third-order valence-corrected chi connectivity index (χ3v) is 7.55. The van der Waals surface area contributed by atoms with E-state index in [9.17, 15) is 9.59 Å². The van der Waals surface area contributed by atoms with Crippen LogP contribution in [0, 0.1) is 6.92 Å². The van der Waals surface area contributed by atoms with Crippen molar-refractivity contribution in [3.63, 3.8) is 0 Å². The van der Waals surface area contributed by atoms with Gasteiger partial charge in [-0.15, -0.1) is 0 Å². The maximum atomic E-state index is 13.3. The van der Waals surface area contributed by atoms with Crippen LogP contribution in [-0.2, 0) is 16.0 Å². The van der Waals surface area contributed by atoms with Gasteiger partial charge < -0.3 is 10.2 Å². The number of ketones is 1. The lowest BCUT2D eigenvalue weighted by Gasteiger charge is -2.30. The van der Waals surface area contributed by atoms with Gasteiger partial charge in [-0.05, 0) is 112 Å². The molecule has 1 aliphatic heterocycles. The SMILES string of the molecule is C=C(CCC)/C(CC)=C(/C(=O)NC1CCN(C)CC1)c1ccccc1C.CCc1ccc(Cl)cc1/C=C/C(C)=O. The number of allylic oxidation sites excluding steroid dienone is 3. The molecule has 4 nitrogen and oxygen atoms in total. The van der Waals surface area contributed by atoms with E-state index in [1.807, 2.05) is 36.4 Å². The summed E-state index contributed by atoms with van der Waals surface area (Å²) in [7, 11) is 2.14. The normalized spacial score (nSPS) is 14.8. The summed E-state index contributed by atoms with van der Waals surface area (Å²) >= 11 is 5.87. The van der Waals surface area contributed by atoms with Crippen molar-refractivity contribution in [1.29, 1.82) is 0 Å². The van der Waals surface area contributed by atoms with Crippen LogP contribution in [0.1, 0.15) is 82.1 Å². The fourth-order valence-electron chi connectivity index (χ4n) is 4.99. The largest absolute Gasteiger partial charge is 0.349 e. The van der Waals surface area contributed by atoms with Crippen molar-refractivity contribution in [3.05, 3.63) is 93.5 Å². The van der Waals surface area contributed by atoms with Gasteiger partial charge in [0.05, 0.1) is 5.57 Å². The molecule has 1 saturated heterocycles. The lowest BCUT2D eigenvalue weighted by Crippen LogP contribution is -2.43. The number of piperidine rings is 1. The highest BCUT2D eigenvalue weighted by Gasteiger charge is 2.24. The van der Waals surface area contributed by atoms with Crippen molar-refractivity contribution >= 4 is 34.9 Å². The molecule has 216 valence electrons. The minimum Gasteiger partial charge on any atom is -0.349 e. The van der Waals surface area contributed by atoms with Crippen LogP contribution >= 0.6 is 11.6 Å². The van der Waals surface area contributed by atoms with Gasteiger partial charge in [0.25, 0.3) is 5.91 Å². The van der Waals surface area contributed by atoms with Crippen LogP contribution in [0.2, 0.25) is 5.02 Å². The van der Waals surface area contributed by atoms with Crippen molar-refractivity contribution in [1.82, 2.24) is 10.2 Å². The predicted molar refractivity (Wildman–Crippen MR) is 172 cm³/mol. The molecule has 0 saturated carbocycles. The van der Waals surface area contributed by atoms with E-state index in [-0.39, 0.29) is 17.7 Å². The Hall–Kier alpha value is -2.95. The second-order valence-corrected chi connectivity index (χ2v) is 11.0. The van der Waals surface area contributed by atoms with E-state index in [4.69, 9.17) is 11.6 Å². The zero-order chi connectivity index (χ0) is 29.7. The van der Waals surface area contributed by atoms with Gasteiger partial charge in [-0.25, -0.2) is 0 Å². The van der Waals surface area contributed by atoms with Crippen LogP contribution in [-0.4, -0.2) is 42.8 Å². The molecular weight excluding hydrogens is 516 g/mol. The number of carbonyl (C=O) groups is 2. The Kier molecular flexibility index (Phi) is 14.1. The second kappa shape index (κ2) is 17.0. The predicted octanol–water partition coefficient (Wildman–Crippen LogP) is 8.23. The van der Waals surface area contributed by atoms with Crippen molar-refractivity contribution in [3.8, 4) is 0 Å². The zero-order valence-corrected chi connectivity index (χ0v) is 26.0. The van der Waals surface area contributed by atoms with Crippen LogP contribution < -0.4 is 5.32 Å². The molecule has 0 radical (unpaired) electrons. The summed E-state index contributed by atoms with van der Waals surface area (Å²) in [5, 5.41) is 4.01. The van der Waals surface area contributed by atoms with E-state index in [2.05, 4.69) is 63.7 Å². The topological polar surface area (TPSA) is 49.4 Å². The maximum absolute atomic E-state index is 13.3. The molecule has 0 bridgehead atoms. The van der Waals surface area contributed by atoms with Crippen molar-refractivity contribution in [2.75, 3.05) is 20.1 Å². The Morgan fingerprint density at radius 1 is 1.10 bits per heavy atom. The standard InChI is InChI=1S/C23H34N2O.C12H13ClO/c1-6-10-17(3)20(7-2)22(21-12-9-8-11-18(21)4)23(26)24-19-13-15-25(5)16-14-19;1-3-10-6-7-12(13)8-11(10)5-4-9(2)14/h8-9,11-12,19H,3,6-7,10,13-16H2,1-2,4-5H3,(H,24,26);4-8H,3H2,1-2H3/b22-20+;5-4+. The summed E-state index contributed by atoms with van der Waals surface area (Å²) in [4.78, 5) is 26.4. The van der Waals surface area contributed by atoms with Crippen LogP contribution in [0.5, 0.6) is 0 Å². The molecule has 1 amide bonds.